The van der Waals surface area contributed by atoms with E-state index in [1.54, 1.807) is 0 Å². The fourth-order valence-corrected chi connectivity index (χ4v) is 0.961. The van der Waals surface area contributed by atoms with Crippen molar-refractivity contribution in [1.82, 2.24) is 0 Å². The lowest BCUT2D eigenvalue weighted by Crippen LogP contribution is -2.01. The zero-order valence-corrected chi connectivity index (χ0v) is 7.75. The number of hydrogen-bond donors (Lipinski definition) is 1. The van der Waals surface area contributed by atoms with Gasteiger partial charge in [0.1, 0.15) is 17.2 Å². The third kappa shape index (κ3) is 2.54. The SMILES string of the molecule is Cl.Nc1cc(F)c(C(=O)Cl)c(F)c1. The van der Waals surface area contributed by atoms with Crippen LogP contribution in [0.1, 0.15) is 10.4 Å². The van der Waals surface area contributed by atoms with Gasteiger partial charge in [-0.25, -0.2) is 8.78 Å². The molecule has 1 aromatic carbocycles. The Balaban J connectivity index is 0.00000144. The Hall–Kier alpha value is -0.870. The van der Waals surface area contributed by atoms with Crippen molar-refractivity contribution in [3.63, 3.8) is 0 Å². The van der Waals surface area contributed by atoms with E-state index in [2.05, 4.69) is 0 Å². The Morgan fingerprint density at radius 2 is 1.69 bits per heavy atom. The number of benzene rings is 1. The predicted molar refractivity (Wildman–Crippen MR) is 48.2 cm³/mol. The van der Waals surface area contributed by atoms with Crippen LogP contribution in [0.25, 0.3) is 0 Å². The van der Waals surface area contributed by atoms with Gasteiger partial charge in [0.2, 0.25) is 0 Å². The van der Waals surface area contributed by atoms with Crippen LogP contribution >= 0.6 is 24.0 Å². The summed E-state index contributed by atoms with van der Waals surface area (Å²) in [4.78, 5) is 10.4. The molecule has 0 heterocycles. The molecule has 0 saturated heterocycles. The molecule has 2 nitrogen and oxygen atoms in total. The average Bonchev–Trinajstić information content (AvgIpc) is 1.82. The Morgan fingerprint density at radius 3 is 2.00 bits per heavy atom. The second-order valence-corrected chi connectivity index (χ2v) is 2.48. The molecule has 0 amide bonds. The molecule has 1 rings (SSSR count). The third-order valence-corrected chi connectivity index (χ3v) is 1.45. The van der Waals surface area contributed by atoms with Crippen molar-refractivity contribution in [2.24, 2.45) is 0 Å². The van der Waals surface area contributed by atoms with Gasteiger partial charge in [-0.3, -0.25) is 4.79 Å². The van der Waals surface area contributed by atoms with Gasteiger partial charge in [-0.15, -0.1) is 12.4 Å². The smallest absolute Gasteiger partial charge is 0.258 e. The molecule has 0 bridgehead atoms. The first kappa shape index (κ1) is 12.1. The summed E-state index contributed by atoms with van der Waals surface area (Å²) in [6, 6.07) is 1.66. The Kier molecular flexibility index (Phi) is 4.10. The van der Waals surface area contributed by atoms with Crippen LogP contribution < -0.4 is 5.73 Å². The van der Waals surface area contributed by atoms with Crippen molar-refractivity contribution in [1.29, 1.82) is 0 Å². The number of carbonyl (C=O) groups excluding carboxylic acids is 1. The maximum atomic E-state index is 12.7. The van der Waals surface area contributed by atoms with Crippen LogP contribution in [0.3, 0.4) is 0 Å². The van der Waals surface area contributed by atoms with Gasteiger partial charge < -0.3 is 5.73 Å². The number of nitrogen functional groups attached to an aromatic ring is 1. The van der Waals surface area contributed by atoms with Crippen LogP contribution in [-0.2, 0) is 0 Å². The maximum Gasteiger partial charge on any atom is 0.258 e. The predicted octanol–water partition coefficient (Wildman–Crippen LogP) is 2.35. The molecular weight excluding hydrogens is 223 g/mol. The van der Waals surface area contributed by atoms with E-state index >= 15 is 0 Å². The highest BCUT2D eigenvalue weighted by Crippen LogP contribution is 2.18. The summed E-state index contributed by atoms with van der Waals surface area (Å²) in [7, 11) is 0. The van der Waals surface area contributed by atoms with Crippen molar-refractivity contribution in [3.05, 3.63) is 29.3 Å². The molecule has 0 aliphatic rings. The van der Waals surface area contributed by atoms with Gasteiger partial charge in [0.05, 0.1) is 0 Å². The van der Waals surface area contributed by atoms with Gasteiger partial charge >= 0.3 is 0 Å². The average molecular weight is 228 g/mol. The molecule has 6 heteroatoms. The lowest BCUT2D eigenvalue weighted by molar-refractivity contribution is 0.107. The van der Waals surface area contributed by atoms with Crippen LogP contribution in [0.15, 0.2) is 12.1 Å². The highest BCUT2D eigenvalue weighted by atomic mass is 35.5. The lowest BCUT2D eigenvalue weighted by atomic mass is 10.2. The van der Waals surface area contributed by atoms with E-state index in [-0.39, 0.29) is 18.1 Å². The molecule has 0 spiro atoms. The number of rotatable bonds is 1. The molecule has 0 fully saturated rings. The van der Waals surface area contributed by atoms with Crippen LogP contribution in [-0.4, -0.2) is 5.24 Å². The highest BCUT2D eigenvalue weighted by molar-refractivity contribution is 6.67. The van der Waals surface area contributed by atoms with Crippen LogP contribution in [0.2, 0.25) is 0 Å². The topological polar surface area (TPSA) is 43.1 Å². The van der Waals surface area contributed by atoms with Crippen molar-refractivity contribution < 1.29 is 13.6 Å². The van der Waals surface area contributed by atoms with Gasteiger partial charge in [-0.1, -0.05) is 0 Å². The standard InChI is InChI=1S/C7H4ClF2NO.ClH/c8-7(12)6-4(9)1-3(11)2-5(6)10;/h1-2H,11H2;1H. The molecule has 0 aliphatic carbocycles. The molecule has 13 heavy (non-hydrogen) atoms. The summed E-state index contributed by atoms with van der Waals surface area (Å²) in [5.74, 6) is -2.10. The molecule has 0 atom stereocenters. The van der Waals surface area contributed by atoms with Gasteiger partial charge in [0, 0.05) is 5.69 Å². The van der Waals surface area contributed by atoms with E-state index < -0.39 is 22.4 Å². The first-order valence-electron chi connectivity index (χ1n) is 2.96. The monoisotopic (exact) mass is 227 g/mol. The quantitative estimate of drug-likeness (QED) is 0.592. The number of hydrogen-bond acceptors (Lipinski definition) is 2. The summed E-state index contributed by atoms with van der Waals surface area (Å²) in [5, 5.41) is -1.18. The number of halogens is 4. The minimum Gasteiger partial charge on any atom is -0.399 e. The van der Waals surface area contributed by atoms with E-state index in [1.165, 1.54) is 0 Å². The number of carbonyl (C=O) groups is 1. The second-order valence-electron chi connectivity index (χ2n) is 2.13. The lowest BCUT2D eigenvalue weighted by Gasteiger charge is -2.00. The zero-order valence-electron chi connectivity index (χ0n) is 6.18. The van der Waals surface area contributed by atoms with Gasteiger partial charge in [-0.05, 0) is 23.7 Å². The molecule has 0 radical (unpaired) electrons. The Bertz CT molecular complexity index is 320. The minimum absolute atomic E-state index is 0. The summed E-state index contributed by atoms with van der Waals surface area (Å²) in [5.41, 5.74) is 4.23. The van der Waals surface area contributed by atoms with Crippen molar-refractivity contribution in [3.8, 4) is 0 Å². The molecule has 0 unspecified atom stereocenters. The minimum atomic E-state index is -1.18. The van der Waals surface area contributed by atoms with E-state index in [0.717, 1.165) is 12.1 Å². The molecule has 72 valence electrons. The molecule has 1 aromatic rings. The number of nitrogens with two attached hydrogens (primary N) is 1. The van der Waals surface area contributed by atoms with Crippen molar-refractivity contribution in [2.75, 3.05) is 5.73 Å². The normalized spacial score (nSPS) is 9.15. The maximum absolute atomic E-state index is 12.7. The van der Waals surface area contributed by atoms with Crippen molar-refractivity contribution >= 4 is 34.9 Å². The zero-order chi connectivity index (χ0) is 9.30. The van der Waals surface area contributed by atoms with E-state index in [0.29, 0.717) is 0 Å². The third-order valence-electron chi connectivity index (χ3n) is 1.26. The number of anilines is 1. The van der Waals surface area contributed by atoms with Crippen LogP contribution in [0, 0.1) is 11.6 Å². The summed E-state index contributed by atoms with van der Waals surface area (Å²) in [6.45, 7) is 0. The summed E-state index contributed by atoms with van der Waals surface area (Å²) >= 11 is 4.91. The Morgan fingerprint density at radius 1 is 1.31 bits per heavy atom. The van der Waals surface area contributed by atoms with Gasteiger partial charge in [-0.2, -0.15) is 0 Å². The molecular formula is C7H5Cl2F2NO. The second kappa shape index (κ2) is 4.39. The highest BCUT2D eigenvalue weighted by Gasteiger charge is 2.15. The molecule has 0 aliphatic heterocycles. The van der Waals surface area contributed by atoms with Crippen LogP contribution in [0.5, 0.6) is 0 Å². The fraction of sp³-hybridized carbons (Fsp3) is 0. The molecule has 0 aromatic heterocycles. The molecule has 0 saturated carbocycles. The largest absolute Gasteiger partial charge is 0.399 e. The fourth-order valence-electron chi connectivity index (χ4n) is 0.781. The Labute approximate surface area is 84.1 Å². The van der Waals surface area contributed by atoms with E-state index in [4.69, 9.17) is 17.3 Å². The first-order chi connectivity index (χ1) is 5.52. The first-order valence-corrected chi connectivity index (χ1v) is 3.34. The van der Waals surface area contributed by atoms with Gasteiger partial charge in [0.25, 0.3) is 5.24 Å². The van der Waals surface area contributed by atoms with Gasteiger partial charge in [0.15, 0.2) is 0 Å². The van der Waals surface area contributed by atoms with E-state index in [9.17, 15) is 13.6 Å². The van der Waals surface area contributed by atoms with E-state index in [1.807, 2.05) is 0 Å². The summed E-state index contributed by atoms with van der Waals surface area (Å²) < 4.78 is 25.5. The van der Waals surface area contributed by atoms with Crippen LogP contribution in [0.4, 0.5) is 14.5 Å². The summed E-state index contributed by atoms with van der Waals surface area (Å²) in [6.07, 6.45) is 0. The molecule has 2 N–H and O–H groups in total. The van der Waals surface area contributed by atoms with Crippen molar-refractivity contribution in [2.45, 2.75) is 0 Å².